The third-order valence-electron chi connectivity index (χ3n) is 15.5. The van der Waals surface area contributed by atoms with Crippen LogP contribution in [0.15, 0.2) is 297 Å². The van der Waals surface area contributed by atoms with Gasteiger partial charge in [-0.1, -0.05) is 200 Å². The monoisotopic (exact) mass is 1010 g/mol. The van der Waals surface area contributed by atoms with Crippen LogP contribution < -0.4 is 9.80 Å². The van der Waals surface area contributed by atoms with Crippen LogP contribution in [-0.2, 0) is 0 Å². The van der Waals surface area contributed by atoms with Gasteiger partial charge in [-0.25, -0.2) is 0 Å². The third-order valence-corrected chi connectivity index (χ3v) is 16.6. The zero-order valence-corrected chi connectivity index (χ0v) is 43.4. The predicted octanol–water partition coefficient (Wildman–Crippen LogP) is 21.4. The number of benzene rings is 13. The summed E-state index contributed by atoms with van der Waals surface area (Å²) < 4.78 is 4.95. The van der Waals surface area contributed by atoms with E-state index in [1.807, 2.05) is 11.3 Å². The minimum atomic E-state index is 1.03. The first-order valence-corrected chi connectivity index (χ1v) is 27.5. The van der Waals surface area contributed by atoms with Crippen LogP contribution in [0.5, 0.6) is 0 Å². The van der Waals surface area contributed by atoms with E-state index in [-0.39, 0.29) is 0 Å². The van der Waals surface area contributed by atoms with E-state index in [4.69, 9.17) is 0 Å². The number of anilines is 6. The lowest BCUT2D eigenvalue weighted by Crippen LogP contribution is -2.14. The maximum Gasteiger partial charge on any atom is 0.0561 e. The van der Waals surface area contributed by atoms with Crippen LogP contribution in [0.1, 0.15) is 0 Å². The second-order valence-corrected chi connectivity index (χ2v) is 21.2. The Morgan fingerprint density at radius 1 is 0.244 bits per heavy atom. The molecule has 0 fully saturated rings. The van der Waals surface area contributed by atoms with E-state index < -0.39 is 0 Å². The van der Waals surface area contributed by atoms with Crippen LogP contribution in [0.3, 0.4) is 0 Å². The van der Waals surface area contributed by atoms with Crippen molar-refractivity contribution in [1.29, 1.82) is 0 Å². The first-order valence-electron chi connectivity index (χ1n) is 26.6. The molecular formula is C74H49N3S. The first-order chi connectivity index (χ1) is 38.7. The smallest absolute Gasteiger partial charge is 0.0561 e. The Morgan fingerprint density at radius 3 is 1.37 bits per heavy atom. The van der Waals surface area contributed by atoms with Crippen molar-refractivity contribution < 1.29 is 0 Å². The van der Waals surface area contributed by atoms with Gasteiger partial charge in [0.25, 0.3) is 0 Å². The van der Waals surface area contributed by atoms with E-state index in [1.165, 1.54) is 85.8 Å². The van der Waals surface area contributed by atoms with E-state index in [9.17, 15) is 0 Å². The molecule has 0 aliphatic carbocycles. The molecule has 3 nitrogen and oxygen atoms in total. The zero-order chi connectivity index (χ0) is 51.5. The van der Waals surface area contributed by atoms with Gasteiger partial charge >= 0.3 is 0 Å². The lowest BCUT2D eigenvalue weighted by molar-refractivity contribution is 1.18. The van der Waals surface area contributed by atoms with E-state index in [0.29, 0.717) is 0 Å². The van der Waals surface area contributed by atoms with E-state index in [0.717, 1.165) is 50.9 Å². The first kappa shape index (κ1) is 45.4. The molecule has 0 unspecified atom stereocenters. The largest absolute Gasteiger partial charge is 0.310 e. The number of fused-ring (bicyclic) bond motifs is 9. The van der Waals surface area contributed by atoms with Gasteiger partial charge in [0.05, 0.1) is 11.0 Å². The van der Waals surface area contributed by atoms with Crippen LogP contribution in [0, 0.1) is 0 Å². The Hall–Kier alpha value is -10.0. The van der Waals surface area contributed by atoms with Gasteiger partial charge in [-0.3, -0.25) is 0 Å². The maximum absolute atomic E-state index is 2.49. The molecule has 15 rings (SSSR count). The normalized spacial score (nSPS) is 11.6. The Morgan fingerprint density at radius 2 is 0.705 bits per heavy atom. The van der Waals surface area contributed by atoms with Crippen molar-refractivity contribution in [3.63, 3.8) is 0 Å². The molecule has 0 atom stereocenters. The molecule has 2 heterocycles. The summed E-state index contributed by atoms with van der Waals surface area (Å²) in [5.74, 6) is 0. The summed E-state index contributed by atoms with van der Waals surface area (Å²) in [6.07, 6.45) is 0. The molecule has 0 aliphatic rings. The Kier molecular flexibility index (Phi) is 11.0. The summed E-state index contributed by atoms with van der Waals surface area (Å²) in [5, 5.41) is 9.86. The average molecular weight is 1010 g/mol. The fourth-order valence-corrected chi connectivity index (χ4v) is 13.0. The highest BCUT2D eigenvalue weighted by Crippen LogP contribution is 2.48. The van der Waals surface area contributed by atoms with Gasteiger partial charge in [0.2, 0.25) is 0 Å². The number of aromatic nitrogens is 1. The maximum atomic E-state index is 2.49. The number of hydrogen-bond acceptors (Lipinski definition) is 3. The zero-order valence-electron chi connectivity index (χ0n) is 42.5. The molecule has 13 aromatic carbocycles. The van der Waals surface area contributed by atoms with Crippen molar-refractivity contribution in [2.45, 2.75) is 0 Å². The molecule has 78 heavy (non-hydrogen) atoms. The molecule has 0 saturated heterocycles. The Balaban J connectivity index is 1.02. The van der Waals surface area contributed by atoms with Crippen molar-refractivity contribution in [1.82, 2.24) is 4.57 Å². The molecule has 0 spiro atoms. The van der Waals surface area contributed by atoms with Crippen LogP contribution in [0.25, 0.3) is 103 Å². The highest BCUT2D eigenvalue weighted by molar-refractivity contribution is 7.25. The molecule has 2 aromatic heterocycles. The molecule has 4 heteroatoms. The fourth-order valence-electron chi connectivity index (χ4n) is 11.9. The van der Waals surface area contributed by atoms with Crippen molar-refractivity contribution in [2.75, 3.05) is 9.80 Å². The highest BCUT2D eigenvalue weighted by Gasteiger charge is 2.23. The van der Waals surface area contributed by atoms with E-state index >= 15 is 0 Å². The fraction of sp³-hybridized carbons (Fsp3) is 0. The second-order valence-electron chi connectivity index (χ2n) is 20.1. The lowest BCUT2D eigenvalue weighted by atomic mass is 9.92. The summed E-state index contributed by atoms with van der Waals surface area (Å²) in [7, 11) is 0. The van der Waals surface area contributed by atoms with Gasteiger partial charge in [0, 0.05) is 70.8 Å². The molecule has 0 amide bonds. The summed E-state index contributed by atoms with van der Waals surface area (Å²) >= 11 is 1.85. The minimum Gasteiger partial charge on any atom is -0.310 e. The van der Waals surface area contributed by atoms with Crippen molar-refractivity contribution >= 4 is 109 Å². The van der Waals surface area contributed by atoms with Gasteiger partial charge < -0.3 is 14.4 Å². The Labute approximate surface area is 457 Å². The van der Waals surface area contributed by atoms with E-state index in [1.54, 1.807) is 0 Å². The molecule has 0 saturated carbocycles. The summed E-state index contributed by atoms with van der Waals surface area (Å²) in [6.45, 7) is 0. The topological polar surface area (TPSA) is 11.4 Å². The highest BCUT2D eigenvalue weighted by atomic mass is 32.1. The third kappa shape index (κ3) is 7.89. The van der Waals surface area contributed by atoms with Crippen LogP contribution in [0.4, 0.5) is 34.1 Å². The second kappa shape index (κ2) is 19.0. The standard InChI is InChI=1S/C74H49N3S/c1-4-18-50(19-5-1)52-32-36-57(37-33-52)75(58-38-34-53(35-39-58)51-20-6-2-7-21-51)61-44-55(70-46-54-22-10-11-25-63(54)64-26-12-13-27-65(64)70)45-62(47-61)76(60-41-43-69-68-29-15-17-31-73(68)78-74(69)49-60)59-40-42-67-66-28-14-16-30-71(66)77(72(67)48-59)56-23-8-3-9-24-56/h1-49H. The van der Waals surface area contributed by atoms with Crippen LogP contribution >= 0.6 is 11.3 Å². The molecule has 0 bridgehead atoms. The number of rotatable bonds is 10. The molecule has 15 aromatic rings. The van der Waals surface area contributed by atoms with Gasteiger partial charge in [0.15, 0.2) is 0 Å². The van der Waals surface area contributed by atoms with E-state index in [2.05, 4.69) is 312 Å². The summed E-state index contributed by atoms with van der Waals surface area (Å²) in [4.78, 5) is 4.92. The van der Waals surface area contributed by atoms with Gasteiger partial charge in [-0.15, -0.1) is 11.3 Å². The number of hydrogen-bond donors (Lipinski definition) is 0. The Bertz CT molecular complexity index is 4630. The van der Waals surface area contributed by atoms with Gasteiger partial charge in [-0.05, 0) is 152 Å². The van der Waals surface area contributed by atoms with Gasteiger partial charge in [0.1, 0.15) is 0 Å². The molecule has 0 radical (unpaired) electrons. The predicted molar refractivity (Wildman–Crippen MR) is 334 cm³/mol. The lowest BCUT2D eigenvalue weighted by Gasteiger charge is -2.31. The summed E-state index contributed by atoms with van der Waals surface area (Å²) in [6, 6.07) is 109. The van der Waals surface area contributed by atoms with Crippen LogP contribution in [0.2, 0.25) is 0 Å². The van der Waals surface area contributed by atoms with Crippen molar-refractivity contribution in [2.24, 2.45) is 0 Å². The molecular weight excluding hydrogens is 963 g/mol. The minimum absolute atomic E-state index is 1.03. The molecule has 0 N–H and O–H groups in total. The quantitative estimate of drug-likeness (QED) is 0.127. The molecule has 0 aliphatic heterocycles. The SMILES string of the molecule is c1ccc(-c2ccc(N(c3ccc(-c4ccccc4)cc3)c3cc(-c4cc5ccccc5c5ccccc45)cc(N(c4ccc5c(c4)sc4ccccc45)c4ccc5c6ccccc6n(-c6ccccc6)c5c4)c3)cc2)cc1. The van der Waals surface area contributed by atoms with Crippen molar-refractivity contribution in [3.05, 3.63) is 297 Å². The number of para-hydroxylation sites is 2. The molecule has 366 valence electrons. The number of nitrogens with zero attached hydrogens (tertiary/aromatic N) is 3. The van der Waals surface area contributed by atoms with Gasteiger partial charge in [-0.2, -0.15) is 0 Å². The van der Waals surface area contributed by atoms with Crippen LogP contribution in [-0.4, -0.2) is 4.57 Å². The summed E-state index contributed by atoms with van der Waals surface area (Å²) in [5.41, 5.74) is 16.7. The average Bonchev–Trinajstić information content (AvgIpc) is 4.10. The number of thiophene rings is 1. The van der Waals surface area contributed by atoms with Crippen molar-refractivity contribution in [3.8, 4) is 39.1 Å².